The third kappa shape index (κ3) is 7.24. The Bertz CT molecular complexity index is 1550. The van der Waals surface area contributed by atoms with E-state index in [0.717, 1.165) is 16.3 Å². The van der Waals surface area contributed by atoms with E-state index in [-0.39, 0.29) is 49.8 Å². The van der Waals surface area contributed by atoms with Crippen molar-refractivity contribution in [3.8, 4) is 17.2 Å². The minimum absolute atomic E-state index is 0.0263. The van der Waals surface area contributed by atoms with Crippen LogP contribution in [0.15, 0.2) is 42.5 Å². The number of nitrogens with one attached hydrogen (secondary N) is 2. The maximum absolute atomic E-state index is 14.6. The van der Waals surface area contributed by atoms with E-state index < -0.39 is 48.5 Å². The Labute approximate surface area is 251 Å². The summed E-state index contributed by atoms with van der Waals surface area (Å²) < 4.78 is 59.4. The van der Waals surface area contributed by atoms with E-state index in [0.29, 0.717) is 23.5 Å². The van der Waals surface area contributed by atoms with E-state index in [9.17, 15) is 27.6 Å². The van der Waals surface area contributed by atoms with Gasteiger partial charge in [-0.2, -0.15) is 5.10 Å². The molecule has 234 valence electrons. The normalized spacial score (nSPS) is 19.5. The molecule has 1 saturated heterocycles. The fraction of sp³-hybridized carbons (Fsp3) is 0.400. The maximum Gasteiger partial charge on any atom is 0.282 e. The zero-order valence-electron chi connectivity index (χ0n) is 24.1. The van der Waals surface area contributed by atoms with Gasteiger partial charge in [0.05, 0.1) is 13.2 Å². The number of fused-ring (bicyclic) bond motifs is 5. The Morgan fingerprint density at radius 3 is 2.66 bits per heavy atom. The molecule has 0 saturated carbocycles. The molecule has 14 heteroatoms. The van der Waals surface area contributed by atoms with Crippen LogP contribution in [-0.2, 0) is 29.6 Å². The topological polar surface area (TPSA) is 124 Å². The number of nitrogens with zero attached hydrogens (tertiary/aromatic N) is 3. The zero-order chi connectivity index (χ0) is 31.4. The van der Waals surface area contributed by atoms with Gasteiger partial charge in [0.2, 0.25) is 5.91 Å². The van der Waals surface area contributed by atoms with E-state index in [4.69, 9.17) is 14.2 Å². The summed E-state index contributed by atoms with van der Waals surface area (Å²) >= 11 is 0. The van der Waals surface area contributed by atoms with Gasteiger partial charge in [-0.25, -0.2) is 13.2 Å². The number of halogens is 3. The molecule has 0 spiro atoms. The fourth-order valence-corrected chi connectivity index (χ4v) is 5.25. The molecule has 2 aromatic carbocycles. The third-order valence-electron chi connectivity index (χ3n) is 7.46. The molecule has 3 aromatic rings. The summed E-state index contributed by atoms with van der Waals surface area (Å²) in [6.45, 7) is -0.186. The number of carbonyl (C=O) groups is 3. The molecule has 3 amide bonds. The second kappa shape index (κ2) is 13.3. The van der Waals surface area contributed by atoms with Crippen LogP contribution < -0.4 is 24.8 Å². The first-order valence-electron chi connectivity index (χ1n) is 14.0. The Hall–Kier alpha value is -4.75. The van der Waals surface area contributed by atoms with Crippen LogP contribution in [-0.4, -0.2) is 71.4 Å². The van der Waals surface area contributed by atoms with Crippen molar-refractivity contribution < 1.29 is 41.8 Å². The van der Waals surface area contributed by atoms with Crippen LogP contribution in [0.3, 0.4) is 0 Å². The summed E-state index contributed by atoms with van der Waals surface area (Å²) in [5.74, 6) is -0.973. The molecule has 3 heterocycles. The van der Waals surface area contributed by atoms with Gasteiger partial charge < -0.3 is 29.7 Å². The predicted molar refractivity (Wildman–Crippen MR) is 150 cm³/mol. The van der Waals surface area contributed by atoms with Crippen molar-refractivity contribution in [3.63, 3.8) is 0 Å². The van der Waals surface area contributed by atoms with Crippen molar-refractivity contribution in [1.82, 2.24) is 25.3 Å². The van der Waals surface area contributed by atoms with Crippen LogP contribution in [0.4, 0.5) is 13.2 Å². The molecule has 2 N–H and O–H groups in total. The van der Waals surface area contributed by atoms with Gasteiger partial charge in [-0.05, 0) is 47.9 Å². The number of benzene rings is 2. The molecule has 2 aliphatic heterocycles. The highest BCUT2D eigenvalue weighted by molar-refractivity contribution is 5.93. The number of aromatic nitrogens is 2. The molecule has 2 aliphatic rings. The highest BCUT2D eigenvalue weighted by atomic mass is 19.3. The zero-order valence-corrected chi connectivity index (χ0v) is 24.1. The van der Waals surface area contributed by atoms with Crippen molar-refractivity contribution in [3.05, 3.63) is 70.8 Å². The van der Waals surface area contributed by atoms with Crippen LogP contribution >= 0.6 is 0 Å². The second-order valence-electron chi connectivity index (χ2n) is 10.6. The summed E-state index contributed by atoms with van der Waals surface area (Å²) in [4.78, 5) is 40.4. The van der Waals surface area contributed by atoms with Gasteiger partial charge in [0.1, 0.15) is 29.1 Å². The number of carbonyl (C=O) groups excluding carboxylic acids is 3. The van der Waals surface area contributed by atoms with Gasteiger partial charge in [-0.15, -0.1) is 0 Å². The molecule has 44 heavy (non-hydrogen) atoms. The van der Waals surface area contributed by atoms with Crippen LogP contribution in [0.25, 0.3) is 0 Å². The molecule has 0 radical (unpaired) electrons. The first kappa shape index (κ1) is 30.7. The number of aryl methyl sites for hydroxylation is 2. The molecule has 11 nitrogen and oxygen atoms in total. The van der Waals surface area contributed by atoms with Crippen molar-refractivity contribution in [2.24, 2.45) is 7.05 Å². The summed E-state index contributed by atoms with van der Waals surface area (Å²) in [5.41, 5.74) is 0.714. The molecule has 2 atom stereocenters. The highest BCUT2D eigenvalue weighted by Gasteiger charge is 2.36. The van der Waals surface area contributed by atoms with E-state index in [2.05, 4.69) is 15.7 Å². The van der Waals surface area contributed by atoms with Gasteiger partial charge in [0.25, 0.3) is 18.2 Å². The van der Waals surface area contributed by atoms with Gasteiger partial charge in [-0.3, -0.25) is 19.1 Å². The summed E-state index contributed by atoms with van der Waals surface area (Å²) in [6.07, 6.45) is -2.74. The smallest absolute Gasteiger partial charge is 0.282 e. The third-order valence-corrected chi connectivity index (χ3v) is 7.46. The fourth-order valence-electron chi connectivity index (χ4n) is 5.25. The monoisotopic (exact) mass is 615 g/mol. The minimum Gasteiger partial charge on any atom is -0.493 e. The summed E-state index contributed by atoms with van der Waals surface area (Å²) in [6, 6.07) is 9.52. The van der Waals surface area contributed by atoms with Crippen molar-refractivity contribution in [2.75, 3.05) is 26.8 Å². The van der Waals surface area contributed by atoms with E-state index in [1.165, 1.54) is 31.2 Å². The lowest BCUT2D eigenvalue weighted by Crippen LogP contribution is -2.58. The largest absolute Gasteiger partial charge is 0.493 e. The maximum atomic E-state index is 14.6. The van der Waals surface area contributed by atoms with Crippen LogP contribution in [0, 0.1) is 5.82 Å². The lowest BCUT2D eigenvalue weighted by Gasteiger charge is -2.38. The number of rotatable bonds is 3. The van der Waals surface area contributed by atoms with Crippen LogP contribution in [0.5, 0.6) is 17.2 Å². The molecular weight excluding hydrogens is 583 g/mol. The molecule has 0 unspecified atom stereocenters. The Balaban J connectivity index is 1.42. The molecule has 1 aromatic heterocycles. The van der Waals surface area contributed by atoms with E-state index in [1.54, 1.807) is 24.3 Å². The molecule has 0 aliphatic carbocycles. The SMILES string of the molecule is COc1ccc2cc1OCC(=O)N[C@@H]1CN(C(=O)c3cc(C(F)F)nn3C)CC[C@H]1Oc1cc(F)cc(c1)CNC(=O)CC2. The number of ether oxygens (including phenoxy) is 3. The minimum atomic E-state index is -2.84. The Morgan fingerprint density at radius 2 is 1.91 bits per heavy atom. The highest BCUT2D eigenvalue weighted by Crippen LogP contribution is 2.29. The molecular formula is C30H32F3N5O6. The first-order valence-corrected chi connectivity index (χ1v) is 14.0. The number of likely N-dealkylation sites (tertiary alicyclic amines) is 1. The lowest BCUT2D eigenvalue weighted by molar-refractivity contribution is -0.125. The summed E-state index contributed by atoms with van der Waals surface area (Å²) in [5, 5.41) is 9.36. The van der Waals surface area contributed by atoms with Gasteiger partial charge >= 0.3 is 0 Å². The number of methoxy groups -OCH3 is 1. The number of alkyl halides is 2. The predicted octanol–water partition coefficient (Wildman–Crippen LogP) is 2.93. The van der Waals surface area contributed by atoms with E-state index >= 15 is 0 Å². The number of hydrogen-bond donors (Lipinski definition) is 2. The average Bonchev–Trinajstić information content (AvgIpc) is 3.39. The van der Waals surface area contributed by atoms with Gasteiger partial charge in [0, 0.05) is 45.6 Å². The molecule has 4 bridgehead atoms. The van der Waals surface area contributed by atoms with Crippen LogP contribution in [0.1, 0.15) is 46.6 Å². The van der Waals surface area contributed by atoms with Crippen LogP contribution in [0.2, 0.25) is 0 Å². The standard InChI is InChI=1S/C30H32F3N5O6/c1-37-23(13-21(36-37)29(32)33)30(41)38-8-7-24-22(15-38)35-28(40)16-43-26-11-17(3-5-25(26)42-2)4-6-27(39)34-14-18-9-19(31)12-20(10-18)44-24/h3,5,9-13,22,24,29H,4,6-8,14-16H2,1-2H3,(H,34,39)(H,35,40)/t22-,24-/m1/s1. The molecule has 5 rings (SSSR count). The number of piperidine rings is 1. The van der Waals surface area contributed by atoms with Crippen molar-refractivity contribution in [2.45, 2.75) is 44.4 Å². The quantitative estimate of drug-likeness (QED) is 0.465. The van der Waals surface area contributed by atoms with E-state index in [1.807, 2.05) is 0 Å². The molecule has 1 fully saturated rings. The lowest BCUT2D eigenvalue weighted by atomic mass is 10.0. The van der Waals surface area contributed by atoms with Crippen molar-refractivity contribution >= 4 is 17.7 Å². The Kier molecular flexibility index (Phi) is 9.26. The van der Waals surface area contributed by atoms with Gasteiger partial charge in [-0.1, -0.05) is 6.07 Å². The number of amides is 3. The average molecular weight is 616 g/mol. The summed E-state index contributed by atoms with van der Waals surface area (Å²) in [7, 11) is 2.87. The van der Waals surface area contributed by atoms with Gasteiger partial charge in [0.15, 0.2) is 18.1 Å². The number of hydrogen-bond acceptors (Lipinski definition) is 7. The Morgan fingerprint density at radius 1 is 1.09 bits per heavy atom. The first-order chi connectivity index (χ1) is 21.1. The second-order valence-corrected chi connectivity index (χ2v) is 10.6. The van der Waals surface area contributed by atoms with Crippen molar-refractivity contribution in [1.29, 1.82) is 0 Å².